The third kappa shape index (κ3) is 3.86. The van der Waals surface area contributed by atoms with Crippen LogP contribution in [0.3, 0.4) is 0 Å². The highest BCUT2D eigenvalue weighted by molar-refractivity contribution is 6.10. The number of aromatic nitrogens is 1. The maximum absolute atomic E-state index is 12.3. The number of carbonyl (C=O) groups is 2. The molecule has 150 valence electrons. The number of primary amides is 1. The SMILES string of the molecule is Cc1cccc(NC(=O)NCc2ccccc2-c2noc3cccc(C(N)=O)c23)c1. The summed E-state index contributed by atoms with van der Waals surface area (Å²) in [4.78, 5) is 24.2. The minimum atomic E-state index is -0.557. The first-order valence-corrected chi connectivity index (χ1v) is 9.41. The lowest BCUT2D eigenvalue weighted by molar-refractivity contribution is 0.100. The number of urea groups is 1. The van der Waals surface area contributed by atoms with Gasteiger partial charge in [-0.2, -0.15) is 0 Å². The number of nitrogens with one attached hydrogen (secondary N) is 2. The normalized spacial score (nSPS) is 10.7. The Morgan fingerprint density at radius 2 is 1.83 bits per heavy atom. The van der Waals surface area contributed by atoms with Crippen molar-refractivity contribution < 1.29 is 14.1 Å². The van der Waals surface area contributed by atoms with Crippen molar-refractivity contribution in [3.8, 4) is 11.3 Å². The van der Waals surface area contributed by atoms with Gasteiger partial charge in [0.15, 0.2) is 5.58 Å². The molecule has 1 aromatic heterocycles. The van der Waals surface area contributed by atoms with Crippen LogP contribution in [-0.2, 0) is 6.54 Å². The Morgan fingerprint density at radius 3 is 2.63 bits per heavy atom. The zero-order valence-corrected chi connectivity index (χ0v) is 16.3. The Kier molecular flexibility index (Phi) is 5.17. The molecule has 30 heavy (non-hydrogen) atoms. The fourth-order valence-corrected chi connectivity index (χ4v) is 3.36. The van der Waals surface area contributed by atoms with Crippen LogP contribution < -0.4 is 16.4 Å². The fourth-order valence-electron chi connectivity index (χ4n) is 3.36. The van der Waals surface area contributed by atoms with Gasteiger partial charge in [0.25, 0.3) is 0 Å². The number of nitrogens with zero attached hydrogens (tertiary/aromatic N) is 1. The quantitative estimate of drug-likeness (QED) is 0.466. The molecule has 0 bridgehead atoms. The van der Waals surface area contributed by atoms with Crippen LogP contribution in [0.25, 0.3) is 22.2 Å². The Hall–Kier alpha value is -4.13. The Labute approximate surface area is 172 Å². The molecule has 0 saturated carbocycles. The van der Waals surface area contributed by atoms with E-state index in [4.69, 9.17) is 10.3 Å². The Morgan fingerprint density at radius 1 is 1.03 bits per heavy atom. The van der Waals surface area contributed by atoms with Gasteiger partial charge in [-0.3, -0.25) is 4.79 Å². The molecule has 0 fully saturated rings. The first-order valence-electron chi connectivity index (χ1n) is 9.41. The maximum atomic E-state index is 12.3. The second kappa shape index (κ2) is 8.08. The van der Waals surface area contributed by atoms with Crippen LogP contribution in [0.2, 0.25) is 0 Å². The Bertz CT molecular complexity index is 1250. The maximum Gasteiger partial charge on any atom is 0.319 e. The Balaban J connectivity index is 1.60. The molecule has 0 spiro atoms. The standard InChI is InChI=1S/C23H20N4O3/c1-14-6-4-8-16(12-14)26-23(29)25-13-15-7-2-3-9-17(15)21-20-18(22(24)28)10-5-11-19(20)30-27-21/h2-12H,13H2,1H3,(H2,24,28)(H2,25,26,29). The van der Waals surface area contributed by atoms with Gasteiger partial charge in [-0.1, -0.05) is 47.6 Å². The second-order valence-electron chi connectivity index (χ2n) is 6.91. The third-order valence-corrected chi connectivity index (χ3v) is 4.75. The van der Waals surface area contributed by atoms with Crippen LogP contribution >= 0.6 is 0 Å². The summed E-state index contributed by atoms with van der Waals surface area (Å²) in [7, 11) is 0. The highest BCUT2D eigenvalue weighted by Gasteiger charge is 2.19. The van der Waals surface area contributed by atoms with Gasteiger partial charge in [-0.25, -0.2) is 4.79 Å². The van der Waals surface area contributed by atoms with E-state index in [1.807, 2.05) is 55.5 Å². The number of carbonyl (C=O) groups excluding carboxylic acids is 2. The summed E-state index contributed by atoms with van der Waals surface area (Å²) in [6.07, 6.45) is 0. The van der Waals surface area contributed by atoms with Crippen LogP contribution in [0.1, 0.15) is 21.5 Å². The molecule has 0 unspecified atom stereocenters. The number of anilines is 1. The largest absolute Gasteiger partial charge is 0.366 e. The molecule has 0 radical (unpaired) electrons. The molecule has 0 aliphatic heterocycles. The van der Waals surface area contributed by atoms with Crippen molar-refractivity contribution in [2.75, 3.05) is 5.32 Å². The molecule has 3 aromatic carbocycles. The molecule has 4 N–H and O–H groups in total. The number of benzene rings is 3. The highest BCUT2D eigenvalue weighted by Crippen LogP contribution is 2.32. The molecular formula is C23H20N4O3. The van der Waals surface area contributed by atoms with Crippen molar-refractivity contribution in [1.82, 2.24) is 10.5 Å². The summed E-state index contributed by atoms with van der Waals surface area (Å²) in [5.41, 5.74) is 10.2. The van der Waals surface area contributed by atoms with Crippen LogP contribution in [0.5, 0.6) is 0 Å². The summed E-state index contributed by atoms with van der Waals surface area (Å²) < 4.78 is 5.41. The third-order valence-electron chi connectivity index (χ3n) is 4.75. The van der Waals surface area contributed by atoms with Crippen molar-refractivity contribution in [3.05, 3.63) is 83.4 Å². The molecule has 4 aromatic rings. The van der Waals surface area contributed by atoms with Crippen LogP contribution in [0, 0.1) is 6.92 Å². The number of nitrogens with two attached hydrogens (primary N) is 1. The van der Waals surface area contributed by atoms with E-state index in [2.05, 4.69) is 15.8 Å². The average Bonchev–Trinajstić information content (AvgIpc) is 3.16. The van der Waals surface area contributed by atoms with E-state index in [1.54, 1.807) is 18.2 Å². The molecule has 0 saturated heterocycles. The summed E-state index contributed by atoms with van der Waals surface area (Å²) in [5, 5.41) is 10.4. The topological polar surface area (TPSA) is 110 Å². The monoisotopic (exact) mass is 400 g/mol. The first-order chi connectivity index (χ1) is 14.5. The molecule has 0 aliphatic carbocycles. The average molecular weight is 400 g/mol. The second-order valence-corrected chi connectivity index (χ2v) is 6.91. The predicted octanol–water partition coefficient (Wildman–Crippen LogP) is 4.22. The van der Waals surface area contributed by atoms with E-state index in [0.717, 1.165) is 22.4 Å². The molecule has 7 nitrogen and oxygen atoms in total. The molecule has 3 amide bonds. The number of rotatable bonds is 5. The van der Waals surface area contributed by atoms with Gasteiger partial charge in [0.1, 0.15) is 5.69 Å². The summed E-state index contributed by atoms with van der Waals surface area (Å²) >= 11 is 0. The van der Waals surface area contributed by atoms with Crippen LogP contribution in [0.15, 0.2) is 71.3 Å². The summed E-state index contributed by atoms with van der Waals surface area (Å²) in [6, 6.07) is 19.8. The van der Waals surface area contributed by atoms with E-state index in [0.29, 0.717) is 22.2 Å². The first kappa shape index (κ1) is 19.2. The lowest BCUT2D eigenvalue weighted by Gasteiger charge is -2.11. The molecule has 0 aliphatic rings. The van der Waals surface area contributed by atoms with E-state index in [1.165, 1.54) is 0 Å². The van der Waals surface area contributed by atoms with Gasteiger partial charge in [-0.15, -0.1) is 0 Å². The van der Waals surface area contributed by atoms with Gasteiger partial charge >= 0.3 is 6.03 Å². The number of hydrogen-bond donors (Lipinski definition) is 3. The lowest BCUT2D eigenvalue weighted by Crippen LogP contribution is -2.28. The van der Waals surface area contributed by atoms with Gasteiger partial charge in [0.2, 0.25) is 5.91 Å². The minimum absolute atomic E-state index is 0.265. The van der Waals surface area contributed by atoms with Crippen molar-refractivity contribution in [2.45, 2.75) is 13.5 Å². The predicted molar refractivity (Wildman–Crippen MR) is 115 cm³/mol. The molecular weight excluding hydrogens is 380 g/mol. The minimum Gasteiger partial charge on any atom is -0.366 e. The van der Waals surface area contributed by atoms with E-state index in [-0.39, 0.29) is 12.6 Å². The smallest absolute Gasteiger partial charge is 0.319 e. The van der Waals surface area contributed by atoms with Crippen LogP contribution in [0.4, 0.5) is 10.5 Å². The zero-order chi connectivity index (χ0) is 21.1. The van der Waals surface area contributed by atoms with E-state index < -0.39 is 5.91 Å². The van der Waals surface area contributed by atoms with E-state index >= 15 is 0 Å². The van der Waals surface area contributed by atoms with Crippen molar-refractivity contribution >= 4 is 28.6 Å². The number of aryl methyl sites for hydroxylation is 1. The zero-order valence-electron chi connectivity index (χ0n) is 16.3. The number of hydrogen-bond acceptors (Lipinski definition) is 4. The fraction of sp³-hybridized carbons (Fsp3) is 0.0870. The lowest BCUT2D eigenvalue weighted by atomic mass is 9.99. The van der Waals surface area contributed by atoms with Gasteiger partial charge in [-0.05, 0) is 42.3 Å². The van der Waals surface area contributed by atoms with Gasteiger partial charge in [0, 0.05) is 17.8 Å². The molecule has 7 heteroatoms. The van der Waals surface area contributed by atoms with Gasteiger partial charge in [0.05, 0.1) is 10.9 Å². The highest BCUT2D eigenvalue weighted by atomic mass is 16.5. The van der Waals surface area contributed by atoms with Crippen LogP contribution in [-0.4, -0.2) is 17.1 Å². The van der Waals surface area contributed by atoms with Crippen molar-refractivity contribution in [2.24, 2.45) is 5.73 Å². The number of fused-ring (bicyclic) bond motifs is 1. The van der Waals surface area contributed by atoms with Crippen molar-refractivity contribution in [1.29, 1.82) is 0 Å². The molecule has 4 rings (SSSR count). The summed E-state index contributed by atoms with van der Waals surface area (Å²) in [6.45, 7) is 2.23. The molecule has 0 atom stereocenters. The van der Waals surface area contributed by atoms with E-state index in [9.17, 15) is 9.59 Å². The summed E-state index contributed by atoms with van der Waals surface area (Å²) in [5.74, 6) is -0.557. The van der Waals surface area contributed by atoms with Gasteiger partial charge < -0.3 is 20.9 Å². The number of amides is 3. The molecule has 1 heterocycles. The van der Waals surface area contributed by atoms with Crippen molar-refractivity contribution in [3.63, 3.8) is 0 Å².